The van der Waals surface area contributed by atoms with Crippen LogP contribution in [0.3, 0.4) is 0 Å². The molecule has 0 radical (unpaired) electrons. The molecule has 0 bridgehead atoms. The Labute approximate surface area is 120 Å². The molecule has 0 saturated carbocycles. The lowest BCUT2D eigenvalue weighted by Gasteiger charge is -2.17. The molecule has 1 atom stereocenters. The maximum absolute atomic E-state index is 11.1. The van der Waals surface area contributed by atoms with Gasteiger partial charge in [-0.05, 0) is 43.5 Å². The Morgan fingerprint density at radius 2 is 1.84 bits per heavy atom. The molecule has 4 nitrogen and oxygen atoms in total. The van der Waals surface area contributed by atoms with E-state index in [9.17, 15) is 8.42 Å². The van der Waals surface area contributed by atoms with Crippen molar-refractivity contribution in [2.24, 2.45) is 11.1 Å². The van der Waals surface area contributed by atoms with Crippen LogP contribution in [0.25, 0.3) is 0 Å². The highest BCUT2D eigenvalue weighted by atomic mass is 35.5. The molecule has 0 amide bonds. The van der Waals surface area contributed by atoms with Gasteiger partial charge >= 0.3 is 0 Å². The smallest absolute Gasteiger partial charge is 0.209 e. The summed E-state index contributed by atoms with van der Waals surface area (Å²) < 4.78 is 27.9. The molecule has 1 unspecified atom stereocenters. The molecular formula is C13H20ClNO3S. The number of primary sulfonamides is 1. The first kappa shape index (κ1) is 16.3. The first-order valence-electron chi connectivity index (χ1n) is 6.13. The lowest BCUT2D eigenvalue weighted by atomic mass is 10.1. The fourth-order valence-electron chi connectivity index (χ4n) is 1.94. The van der Waals surface area contributed by atoms with Gasteiger partial charge in [-0.2, -0.15) is 0 Å². The number of aryl methyl sites for hydroxylation is 2. The predicted molar refractivity (Wildman–Crippen MR) is 78.2 cm³/mol. The summed E-state index contributed by atoms with van der Waals surface area (Å²) in [5.41, 5.74) is 1.88. The molecular weight excluding hydrogens is 286 g/mol. The van der Waals surface area contributed by atoms with Crippen molar-refractivity contribution < 1.29 is 13.2 Å². The van der Waals surface area contributed by atoms with Crippen molar-refractivity contribution in [1.82, 2.24) is 0 Å². The van der Waals surface area contributed by atoms with Crippen LogP contribution >= 0.6 is 11.6 Å². The number of halogens is 1. The summed E-state index contributed by atoms with van der Waals surface area (Å²) in [5, 5.41) is 5.73. The predicted octanol–water partition coefficient (Wildman–Crippen LogP) is 2.65. The molecule has 0 heterocycles. The average molecular weight is 306 g/mol. The molecule has 0 aliphatic heterocycles. The van der Waals surface area contributed by atoms with Crippen molar-refractivity contribution >= 4 is 21.6 Å². The van der Waals surface area contributed by atoms with E-state index in [0.717, 1.165) is 16.9 Å². The van der Waals surface area contributed by atoms with Gasteiger partial charge in [0.2, 0.25) is 10.0 Å². The van der Waals surface area contributed by atoms with E-state index in [4.69, 9.17) is 21.5 Å². The number of hydrogen-bond donors (Lipinski definition) is 1. The topological polar surface area (TPSA) is 69.4 Å². The minimum atomic E-state index is -3.47. The molecule has 1 rings (SSSR count). The van der Waals surface area contributed by atoms with E-state index in [0.29, 0.717) is 18.1 Å². The third-order valence-corrected chi connectivity index (χ3v) is 4.09. The number of ether oxygens (including phenoxy) is 1. The van der Waals surface area contributed by atoms with Crippen LogP contribution < -0.4 is 9.88 Å². The Balaban J connectivity index is 2.76. The quantitative estimate of drug-likeness (QED) is 0.878. The largest absolute Gasteiger partial charge is 0.493 e. The molecule has 19 heavy (non-hydrogen) atoms. The van der Waals surface area contributed by atoms with E-state index < -0.39 is 10.0 Å². The molecule has 0 aliphatic rings. The number of sulfonamides is 1. The van der Waals surface area contributed by atoms with Gasteiger partial charge in [0.05, 0.1) is 12.4 Å². The van der Waals surface area contributed by atoms with Crippen molar-refractivity contribution in [3.63, 3.8) is 0 Å². The second-order valence-corrected chi connectivity index (χ2v) is 6.88. The summed E-state index contributed by atoms with van der Waals surface area (Å²) in [7, 11) is -3.47. The van der Waals surface area contributed by atoms with Gasteiger partial charge < -0.3 is 4.74 Å². The highest BCUT2D eigenvalue weighted by Gasteiger charge is 2.16. The van der Waals surface area contributed by atoms with Gasteiger partial charge in [-0.3, -0.25) is 0 Å². The van der Waals surface area contributed by atoms with Crippen LogP contribution in [0.1, 0.15) is 24.5 Å². The van der Waals surface area contributed by atoms with Crippen molar-refractivity contribution in [3.05, 3.63) is 28.3 Å². The molecule has 0 aromatic heterocycles. The summed E-state index contributed by atoms with van der Waals surface area (Å²) in [6.07, 6.45) is 0.697. The van der Waals surface area contributed by atoms with E-state index in [1.165, 1.54) is 0 Å². The van der Waals surface area contributed by atoms with Crippen LogP contribution in [0, 0.1) is 19.8 Å². The Morgan fingerprint density at radius 3 is 2.26 bits per heavy atom. The molecule has 0 saturated heterocycles. The summed E-state index contributed by atoms with van der Waals surface area (Å²) in [6, 6.07) is 3.65. The van der Waals surface area contributed by atoms with Crippen LogP contribution in [0.5, 0.6) is 5.75 Å². The molecule has 0 spiro atoms. The molecule has 2 N–H and O–H groups in total. The van der Waals surface area contributed by atoms with Crippen molar-refractivity contribution in [3.8, 4) is 5.75 Å². The summed E-state index contributed by atoms with van der Waals surface area (Å²) >= 11 is 5.95. The van der Waals surface area contributed by atoms with Gasteiger partial charge in [0.15, 0.2) is 0 Å². The number of nitrogens with two attached hydrogens (primary N) is 1. The fraction of sp³-hybridized carbons (Fsp3) is 0.538. The third kappa shape index (κ3) is 5.38. The SMILES string of the molecule is CCC(COc1c(C)cc(Cl)cc1C)CS(N)(=O)=O. The van der Waals surface area contributed by atoms with Gasteiger partial charge in [0.25, 0.3) is 0 Å². The standard InChI is InChI=1S/C13H20ClNO3S/c1-4-11(8-19(15,16)17)7-18-13-9(2)5-12(14)6-10(13)3/h5-6,11H,4,7-8H2,1-3H3,(H2,15,16,17). The van der Waals surface area contributed by atoms with E-state index in [-0.39, 0.29) is 11.7 Å². The summed E-state index contributed by atoms with van der Waals surface area (Å²) in [6.45, 7) is 6.07. The zero-order valence-electron chi connectivity index (χ0n) is 11.4. The zero-order chi connectivity index (χ0) is 14.6. The monoisotopic (exact) mass is 305 g/mol. The zero-order valence-corrected chi connectivity index (χ0v) is 13.0. The van der Waals surface area contributed by atoms with Crippen LogP contribution in [-0.2, 0) is 10.0 Å². The molecule has 1 aromatic carbocycles. The van der Waals surface area contributed by atoms with Crippen LogP contribution in [0.15, 0.2) is 12.1 Å². The fourth-order valence-corrected chi connectivity index (χ4v) is 3.25. The van der Waals surface area contributed by atoms with Crippen molar-refractivity contribution in [2.45, 2.75) is 27.2 Å². The van der Waals surface area contributed by atoms with E-state index in [1.54, 1.807) is 0 Å². The maximum atomic E-state index is 11.1. The number of benzene rings is 1. The van der Waals surface area contributed by atoms with Crippen LogP contribution in [0.4, 0.5) is 0 Å². The Bertz CT molecular complexity index is 520. The molecule has 0 aliphatic carbocycles. The second kappa shape index (κ2) is 6.59. The van der Waals surface area contributed by atoms with Gasteiger partial charge in [-0.1, -0.05) is 18.5 Å². The molecule has 0 fully saturated rings. The highest BCUT2D eigenvalue weighted by Crippen LogP contribution is 2.27. The van der Waals surface area contributed by atoms with Gasteiger partial charge in [0, 0.05) is 10.9 Å². The van der Waals surface area contributed by atoms with E-state index in [2.05, 4.69) is 0 Å². The minimum Gasteiger partial charge on any atom is -0.493 e. The Kier molecular flexibility index (Phi) is 5.64. The third-order valence-electron chi connectivity index (χ3n) is 2.93. The summed E-state index contributed by atoms with van der Waals surface area (Å²) in [5.74, 6) is 0.594. The van der Waals surface area contributed by atoms with Crippen LogP contribution in [-0.4, -0.2) is 20.8 Å². The molecule has 1 aromatic rings. The number of rotatable bonds is 6. The van der Waals surface area contributed by atoms with Crippen LogP contribution in [0.2, 0.25) is 5.02 Å². The van der Waals surface area contributed by atoms with E-state index >= 15 is 0 Å². The maximum Gasteiger partial charge on any atom is 0.209 e. The van der Waals surface area contributed by atoms with Gasteiger partial charge in [0.1, 0.15) is 5.75 Å². The lowest BCUT2D eigenvalue weighted by Crippen LogP contribution is -2.26. The lowest BCUT2D eigenvalue weighted by molar-refractivity contribution is 0.254. The Hall–Kier alpha value is -0.780. The highest BCUT2D eigenvalue weighted by molar-refractivity contribution is 7.89. The second-order valence-electron chi connectivity index (χ2n) is 4.78. The average Bonchev–Trinajstić information content (AvgIpc) is 2.24. The molecule has 6 heteroatoms. The first-order valence-corrected chi connectivity index (χ1v) is 8.22. The van der Waals surface area contributed by atoms with Gasteiger partial charge in [-0.25, -0.2) is 13.6 Å². The van der Waals surface area contributed by atoms with Gasteiger partial charge in [-0.15, -0.1) is 0 Å². The first-order chi connectivity index (χ1) is 8.73. The van der Waals surface area contributed by atoms with Crippen molar-refractivity contribution in [1.29, 1.82) is 0 Å². The van der Waals surface area contributed by atoms with E-state index in [1.807, 2.05) is 32.9 Å². The Morgan fingerprint density at radius 1 is 1.32 bits per heavy atom. The minimum absolute atomic E-state index is 0.0603. The normalized spacial score (nSPS) is 13.3. The molecule has 108 valence electrons. The number of hydrogen-bond acceptors (Lipinski definition) is 3. The summed E-state index contributed by atoms with van der Waals surface area (Å²) in [4.78, 5) is 0. The van der Waals surface area contributed by atoms with Crippen molar-refractivity contribution in [2.75, 3.05) is 12.4 Å².